The molecule has 0 heterocycles. The molecule has 0 saturated heterocycles. The zero-order chi connectivity index (χ0) is 13.5. The first-order valence-corrected chi connectivity index (χ1v) is 5.78. The zero-order valence-electron chi connectivity index (χ0n) is 8.20. The number of rotatable bonds is 4. The monoisotopic (exact) mass is 280 g/mol. The van der Waals surface area contributed by atoms with Gasteiger partial charge < -0.3 is 4.74 Å². The Bertz CT molecular complexity index is 410. The van der Waals surface area contributed by atoms with Crippen LogP contribution < -0.4 is 0 Å². The number of carbonyl (C=O) groups is 1. The Balaban J connectivity index is 2.45. The number of hydrogen-bond acceptors (Lipinski definition) is 4. The van der Waals surface area contributed by atoms with Crippen LogP contribution in [0.5, 0.6) is 0 Å². The quantitative estimate of drug-likeness (QED) is 0.473. The van der Waals surface area contributed by atoms with E-state index in [4.69, 9.17) is 4.55 Å². The topological polar surface area (TPSA) is 80.7 Å². The molecule has 1 aliphatic carbocycles. The second-order valence-electron chi connectivity index (χ2n) is 3.68. The number of carbonyl (C=O) groups excluding carboxylic acids is 1. The van der Waals surface area contributed by atoms with Crippen molar-refractivity contribution in [2.24, 2.45) is 5.92 Å². The number of ether oxygens (including phenoxy) is 1. The summed E-state index contributed by atoms with van der Waals surface area (Å²) in [5.41, 5.74) is 0. The molecule has 0 atom stereocenters. The molecule has 100 valence electrons. The van der Waals surface area contributed by atoms with Gasteiger partial charge in [0.25, 0.3) is 0 Å². The lowest BCUT2D eigenvalue weighted by Gasteiger charge is -2.33. The van der Waals surface area contributed by atoms with E-state index in [2.05, 4.69) is 4.74 Å². The first-order valence-electron chi connectivity index (χ1n) is 4.34. The van der Waals surface area contributed by atoms with Crippen molar-refractivity contribution in [2.75, 3.05) is 6.61 Å². The average Bonchev–Trinajstić information content (AvgIpc) is 2.08. The fourth-order valence-electron chi connectivity index (χ4n) is 1.18. The van der Waals surface area contributed by atoms with Crippen molar-refractivity contribution in [1.82, 2.24) is 0 Å². The fraction of sp³-hybridized carbons (Fsp3) is 0.857. The van der Waals surface area contributed by atoms with Crippen molar-refractivity contribution in [3.05, 3.63) is 0 Å². The summed E-state index contributed by atoms with van der Waals surface area (Å²) in [6.45, 7) is -1.90. The number of alkyl halides is 4. The Morgan fingerprint density at radius 2 is 1.88 bits per heavy atom. The molecule has 1 saturated carbocycles. The molecule has 1 fully saturated rings. The molecule has 5 nitrogen and oxygen atoms in total. The molecule has 0 bridgehead atoms. The molecule has 0 spiro atoms. The molecule has 0 unspecified atom stereocenters. The van der Waals surface area contributed by atoms with Crippen molar-refractivity contribution in [3.63, 3.8) is 0 Å². The van der Waals surface area contributed by atoms with Crippen molar-refractivity contribution >= 4 is 16.1 Å². The van der Waals surface area contributed by atoms with Gasteiger partial charge in [-0.15, -0.1) is 0 Å². The summed E-state index contributed by atoms with van der Waals surface area (Å²) in [6, 6.07) is 0. The second-order valence-corrected chi connectivity index (χ2v) is 5.23. The lowest BCUT2D eigenvalue weighted by atomic mass is 9.81. The van der Waals surface area contributed by atoms with Crippen LogP contribution in [-0.4, -0.2) is 36.7 Å². The predicted octanol–water partition coefficient (Wildman–Crippen LogP) is 1.06. The van der Waals surface area contributed by atoms with Crippen LogP contribution in [0.25, 0.3) is 0 Å². The molecule has 0 amide bonds. The van der Waals surface area contributed by atoms with Crippen LogP contribution in [0.4, 0.5) is 17.6 Å². The Hall–Kier alpha value is -0.900. The van der Waals surface area contributed by atoms with Crippen molar-refractivity contribution in [3.8, 4) is 0 Å². The van der Waals surface area contributed by atoms with Gasteiger partial charge in [0.2, 0.25) is 5.92 Å². The molecule has 1 rings (SSSR count). The highest BCUT2D eigenvalue weighted by Crippen LogP contribution is 2.43. The second kappa shape index (κ2) is 4.09. The van der Waals surface area contributed by atoms with Crippen molar-refractivity contribution in [2.45, 2.75) is 24.0 Å². The van der Waals surface area contributed by atoms with Crippen molar-refractivity contribution < 1.29 is 40.1 Å². The van der Waals surface area contributed by atoms with Crippen molar-refractivity contribution in [1.29, 1.82) is 0 Å². The van der Waals surface area contributed by atoms with Gasteiger partial charge in [0.1, 0.15) is 0 Å². The highest BCUT2D eigenvalue weighted by atomic mass is 32.2. The molecule has 0 aliphatic heterocycles. The summed E-state index contributed by atoms with van der Waals surface area (Å²) in [4.78, 5) is 10.9. The Kier molecular flexibility index (Phi) is 3.41. The average molecular weight is 280 g/mol. The van der Waals surface area contributed by atoms with Crippen LogP contribution >= 0.6 is 0 Å². The molecule has 0 aromatic heterocycles. The third kappa shape index (κ3) is 3.28. The van der Waals surface area contributed by atoms with E-state index in [9.17, 15) is 30.8 Å². The van der Waals surface area contributed by atoms with Crippen LogP contribution in [0.3, 0.4) is 0 Å². The maximum Gasteiger partial charge on any atom is 0.402 e. The van der Waals surface area contributed by atoms with Gasteiger partial charge in [0.05, 0.1) is 5.92 Å². The first-order chi connectivity index (χ1) is 7.45. The summed E-state index contributed by atoms with van der Waals surface area (Å²) in [7, 11) is -5.69. The molecule has 0 aromatic rings. The molecule has 1 aliphatic rings. The molecule has 1 N–H and O–H groups in total. The molecule has 17 heavy (non-hydrogen) atoms. The Morgan fingerprint density at radius 3 is 2.24 bits per heavy atom. The summed E-state index contributed by atoms with van der Waals surface area (Å²) >= 11 is 0. The van der Waals surface area contributed by atoms with Gasteiger partial charge in [0, 0.05) is 12.8 Å². The van der Waals surface area contributed by atoms with Crippen LogP contribution in [-0.2, 0) is 19.6 Å². The lowest BCUT2D eigenvalue weighted by molar-refractivity contribution is -0.176. The zero-order valence-corrected chi connectivity index (χ0v) is 9.02. The molecular formula is C7H8F4O5S. The van der Waals surface area contributed by atoms with E-state index in [1.54, 1.807) is 0 Å². The molecule has 0 radical (unpaired) electrons. The van der Waals surface area contributed by atoms with Gasteiger partial charge in [-0.3, -0.25) is 9.35 Å². The van der Waals surface area contributed by atoms with Gasteiger partial charge in [-0.05, 0) is 0 Å². The number of esters is 1. The Morgan fingerprint density at radius 1 is 1.41 bits per heavy atom. The predicted molar refractivity (Wildman–Crippen MR) is 45.1 cm³/mol. The number of hydrogen-bond donors (Lipinski definition) is 1. The summed E-state index contributed by atoms with van der Waals surface area (Å²) in [5, 5.41) is -4.64. The van der Waals surface area contributed by atoms with Gasteiger partial charge >= 0.3 is 21.3 Å². The van der Waals surface area contributed by atoms with Gasteiger partial charge in [-0.1, -0.05) is 0 Å². The lowest BCUT2D eigenvalue weighted by Crippen LogP contribution is -2.42. The van der Waals surface area contributed by atoms with E-state index >= 15 is 0 Å². The normalized spacial score (nSPS) is 20.8. The summed E-state index contributed by atoms with van der Waals surface area (Å²) < 4.78 is 81.9. The fourth-order valence-corrected chi connectivity index (χ4v) is 1.38. The van der Waals surface area contributed by atoms with Gasteiger partial charge in [-0.25, -0.2) is 8.78 Å². The minimum atomic E-state index is -5.69. The van der Waals surface area contributed by atoms with E-state index < -0.39 is 52.6 Å². The van der Waals surface area contributed by atoms with E-state index in [1.807, 2.05) is 0 Å². The summed E-state index contributed by atoms with van der Waals surface area (Å²) in [6.07, 6.45) is -1.63. The third-order valence-corrected chi connectivity index (χ3v) is 3.06. The minimum absolute atomic E-state index is 0.816. The van der Waals surface area contributed by atoms with Crippen LogP contribution in [0, 0.1) is 5.92 Å². The molecular weight excluding hydrogens is 272 g/mol. The van der Waals surface area contributed by atoms with Gasteiger partial charge in [-0.2, -0.15) is 17.2 Å². The minimum Gasteiger partial charge on any atom is -0.458 e. The van der Waals surface area contributed by atoms with Gasteiger partial charge in [0.15, 0.2) is 6.61 Å². The molecule has 0 aromatic carbocycles. The summed E-state index contributed by atoms with van der Waals surface area (Å²) in [5.74, 6) is -5.57. The van der Waals surface area contributed by atoms with E-state index in [0.29, 0.717) is 0 Å². The van der Waals surface area contributed by atoms with E-state index in [-0.39, 0.29) is 0 Å². The van der Waals surface area contributed by atoms with Crippen LogP contribution in [0.2, 0.25) is 0 Å². The first kappa shape index (κ1) is 14.2. The van der Waals surface area contributed by atoms with Crippen LogP contribution in [0.1, 0.15) is 12.8 Å². The third-order valence-electron chi connectivity index (χ3n) is 2.18. The number of halogens is 4. The maximum atomic E-state index is 12.6. The smallest absolute Gasteiger partial charge is 0.402 e. The highest BCUT2D eigenvalue weighted by Gasteiger charge is 2.51. The van der Waals surface area contributed by atoms with Crippen LogP contribution in [0.15, 0.2) is 0 Å². The largest absolute Gasteiger partial charge is 0.458 e. The standard InChI is InChI=1S/C7H8F4O5S/c8-6(9)1-4(2-6)5(12)16-3-7(10,11)17(13,14)15/h4H,1-3H2,(H,13,14,15). The Labute approximate surface area is 93.5 Å². The maximum absolute atomic E-state index is 12.6. The van der Waals surface area contributed by atoms with E-state index in [1.165, 1.54) is 0 Å². The highest BCUT2D eigenvalue weighted by molar-refractivity contribution is 7.86. The SMILES string of the molecule is O=C(OCC(F)(F)S(=O)(=O)O)C1CC(F)(F)C1. The van der Waals surface area contributed by atoms with E-state index in [0.717, 1.165) is 0 Å². The molecule has 10 heteroatoms.